The van der Waals surface area contributed by atoms with Crippen molar-refractivity contribution in [3.8, 4) is 11.3 Å². The Hall–Kier alpha value is -2.15. The summed E-state index contributed by atoms with van der Waals surface area (Å²) in [5.41, 5.74) is 8.91. The van der Waals surface area contributed by atoms with Crippen LogP contribution in [0.1, 0.15) is 63.9 Å². The third-order valence-electron chi connectivity index (χ3n) is 5.93. The molecule has 0 aliphatic heterocycles. The van der Waals surface area contributed by atoms with Crippen LogP contribution < -0.4 is 4.57 Å². The van der Waals surface area contributed by atoms with E-state index in [2.05, 4.69) is 97.3 Å². The first-order chi connectivity index (χ1) is 13.4. The second-order valence-electron chi connectivity index (χ2n) is 9.81. The molecule has 28 heavy (non-hydrogen) atoms. The van der Waals surface area contributed by atoms with Gasteiger partial charge in [-0.05, 0) is 71.4 Å². The number of benzene rings is 2. The van der Waals surface area contributed by atoms with Crippen LogP contribution in [0.4, 0.5) is 0 Å². The summed E-state index contributed by atoms with van der Waals surface area (Å²) >= 11 is 0. The molecular weight excluding hydrogens is 338 g/mol. The minimum Gasteiger partial charge on any atom is -0.198 e. The number of nitrogens with zero attached hydrogens (tertiary/aromatic N) is 1. The third kappa shape index (κ3) is 3.85. The van der Waals surface area contributed by atoms with E-state index in [0.717, 1.165) is 17.5 Å². The highest BCUT2D eigenvalue weighted by atomic mass is 14.9. The molecule has 0 fully saturated rings. The van der Waals surface area contributed by atoms with E-state index >= 15 is 0 Å². The van der Waals surface area contributed by atoms with Gasteiger partial charge >= 0.3 is 0 Å². The van der Waals surface area contributed by atoms with Gasteiger partial charge in [0, 0.05) is 13.0 Å². The van der Waals surface area contributed by atoms with Crippen LogP contribution in [0.25, 0.3) is 22.0 Å². The minimum absolute atomic E-state index is 0.0937. The van der Waals surface area contributed by atoms with Gasteiger partial charge in [0.15, 0.2) is 5.69 Å². The van der Waals surface area contributed by atoms with Crippen molar-refractivity contribution < 1.29 is 5.94 Å². The number of fused-ring (bicyclic) bond motifs is 1. The van der Waals surface area contributed by atoms with E-state index in [0.29, 0.717) is 12.0 Å². The first kappa shape index (κ1) is 19.2. The van der Waals surface area contributed by atoms with Crippen molar-refractivity contribution in [2.45, 2.75) is 67.2 Å². The van der Waals surface area contributed by atoms with E-state index in [1.54, 1.807) is 0 Å². The van der Waals surface area contributed by atoms with Gasteiger partial charge in [0.05, 0.1) is 12.3 Å². The van der Waals surface area contributed by atoms with Crippen molar-refractivity contribution in [1.29, 1.82) is 0 Å². The van der Waals surface area contributed by atoms with Crippen molar-refractivity contribution in [3.63, 3.8) is 0 Å². The fourth-order valence-electron chi connectivity index (χ4n) is 3.99. The van der Waals surface area contributed by atoms with Gasteiger partial charge in [-0.15, -0.1) is 0 Å². The normalized spacial score (nSPS) is 12.7. The second kappa shape index (κ2) is 7.35. The highest BCUT2D eigenvalue weighted by molar-refractivity contribution is 5.94. The molecule has 0 atom stereocenters. The summed E-state index contributed by atoms with van der Waals surface area (Å²) < 4.78 is 11.0. The van der Waals surface area contributed by atoms with Crippen LogP contribution in [-0.4, -0.2) is 0 Å². The molecule has 0 saturated heterocycles. The average molecular weight is 376 g/mol. The quantitative estimate of drug-likeness (QED) is 0.446. The van der Waals surface area contributed by atoms with Gasteiger partial charge in [-0.1, -0.05) is 52.8 Å². The Morgan fingerprint density at radius 3 is 2.32 bits per heavy atom. The molecule has 0 aliphatic carbocycles. The summed E-state index contributed by atoms with van der Waals surface area (Å²) in [5, 5.41) is 2.23. The van der Waals surface area contributed by atoms with Gasteiger partial charge in [-0.25, -0.2) is 0 Å². The van der Waals surface area contributed by atoms with Crippen LogP contribution in [0.5, 0.6) is 0 Å². The molecule has 2 aromatic carbocycles. The maximum absolute atomic E-state index is 8.78. The van der Waals surface area contributed by atoms with Crippen molar-refractivity contribution in [3.05, 3.63) is 64.3 Å². The number of hydrogen-bond donors (Lipinski definition) is 0. The first-order valence-electron chi connectivity index (χ1n) is 11.0. The first-order valence-corrected chi connectivity index (χ1v) is 10.5. The van der Waals surface area contributed by atoms with Gasteiger partial charge in [-0.2, -0.15) is 4.57 Å². The van der Waals surface area contributed by atoms with Gasteiger partial charge in [0.1, 0.15) is 7.05 Å². The molecule has 3 rings (SSSR count). The number of aryl methyl sites for hydroxylation is 1. The molecule has 1 heteroatoms. The lowest BCUT2D eigenvalue weighted by Gasteiger charge is -2.22. The Kier molecular flexibility index (Phi) is 5.04. The molecule has 148 valence electrons. The summed E-state index contributed by atoms with van der Waals surface area (Å²) in [6, 6.07) is 12.0. The summed E-state index contributed by atoms with van der Waals surface area (Å²) in [6.45, 7) is 17.8. The molecule has 0 amide bonds. The van der Waals surface area contributed by atoms with E-state index in [-0.39, 0.29) is 5.41 Å². The lowest BCUT2D eigenvalue weighted by molar-refractivity contribution is -0.665. The standard InChI is InChI=1S/C27H36N/c1-17(2)12-21-10-11-24-22(15-21)14-19(4)28(9)26(24)25-16-23(27(6,7)8)13-18(3)20(25)5/h10-11,13-17H,12H2,1-9H3/q+1/i14D. The maximum Gasteiger partial charge on any atom is 0.220 e. The molecule has 1 nitrogen and oxygen atoms in total. The van der Waals surface area contributed by atoms with E-state index in [1.807, 2.05) is 0 Å². The number of hydrogen-bond acceptors (Lipinski definition) is 0. The number of pyridine rings is 1. The molecule has 0 saturated carbocycles. The summed E-state index contributed by atoms with van der Waals surface area (Å²) in [6.07, 6.45) is 1.04. The van der Waals surface area contributed by atoms with E-state index in [1.165, 1.54) is 38.9 Å². The summed E-state index contributed by atoms with van der Waals surface area (Å²) in [4.78, 5) is 0. The minimum atomic E-state index is 0.0937. The lowest BCUT2D eigenvalue weighted by Crippen LogP contribution is -2.35. The van der Waals surface area contributed by atoms with Gasteiger partial charge in [0.2, 0.25) is 5.69 Å². The van der Waals surface area contributed by atoms with Crippen LogP contribution in [0.15, 0.2) is 36.4 Å². The Morgan fingerprint density at radius 2 is 1.71 bits per heavy atom. The topological polar surface area (TPSA) is 3.88 Å². The summed E-state index contributed by atoms with van der Waals surface area (Å²) in [7, 11) is 2.10. The number of rotatable bonds is 3. The highest BCUT2D eigenvalue weighted by Crippen LogP contribution is 2.35. The lowest BCUT2D eigenvalue weighted by atomic mass is 9.82. The van der Waals surface area contributed by atoms with E-state index < -0.39 is 0 Å². The largest absolute Gasteiger partial charge is 0.220 e. The van der Waals surface area contributed by atoms with Gasteiger partial charge in [0.25, 0.3) is 0 Å². The average Bonchev–Trinajstić information content (AvgIpc) is 2.62. The maximum atomic E-state index is 8.78. The van der Waals surface area contributed by atoms with E-state index in [4.69, 9.17) is 1.37 Å². The Labute approximate surface area is 172 Å². The van der Waals surface area contributed by atoms with E-state index in [9.17, 15) is 0 Å². The molecule has 0 radical (unpaired) electrons. The van der Waals surface area contributed by atoms with Crippen LogP contribution in [0, 0.1) is 26.7 Å². The van der Waals surface area contributed by atoms with Crippen molar-refractivity contribution in [2.24, 2.45) is 13.0 Å². The van der Waals surface area contributed by atoms with Crippen molar-refractivity contribution in [2.75, 3.05) is 0 Å². The zero-order valence-electron chi connectivity index (χ0n) is 20.1. The molecule has 0 unspecified atom stereocenters. The fraction of sp³-hybridized carbons (Fsp3) is 0.444. The SMILES string of the molecule is [2H]c1c(C)[n+](C)c(-c2cc(C(C)(C)C)cc(C)c2C)c2ccc(CC(C)C)cc12. The molecule has 0 N–H and O–H groups in total. The molecule has 3 aromatic rings. The van der Waals surface area contributed by atoms with Crippen LogP contribution in [0.3, 0.4) is 0 Å². The van der Waals surface area contributed by atoms with Gasteiger partial charge in [-0.3, -0.25) is 0 Å². The van der Waals surface area contributed by atoms with Crippen LogP contribution in [0.2, 0.25) is 0 Å². The zero-order chi connectivity index (χ0) is 21.7. The van der Waals surface area contributed by atoms with Crippen LogP contribution >= 0.6 is 0 Å². The molecule has 0 bridgehead atoms. The summed E-state index contributed by atoms with van der Waals surface area (Å²) in [5.74, 6) is 0.607. The Morgan fingerprint density at radius 1 is 1.04 bits per heavy atom. The third-order valence-corrected chi connectivity index (χ3v) is 5.93. The predicted octanol–water partition coefficient (Wildman–Crippen LogP) is 6.75. The zero-order valence-corrected chi connectivity index (χ0v) is 19.1. The molecule has 0 spiro atoms. The van der Waals surface area contributed by atoms with Crippen molar-refractivity contribution in [1.82, 2.24) is 0 Å². The fourth-order valence-corrected chi connectivity index (χ4v) is 3.99. The molecule has 1 aromatic heterocycles. The Balaban J connectivity index is 2.40. The van der Waals surface area contributed by atoms with Crippen molar-refractivity contribution >= 4 is 10.8 Å². The van der Waals surface area contributed by atoms with Crippen LogP contribution in [-0.2, 0) is 18.9 Å². The Bertz CT molecular complexity index is 1080. The molecular formula is C27H36N+. The predicted molar refractivity (Wildman–Crippen MR) is 122 cm³/mol. The van der Waals surface area contributed by atoms with Gasteiger partial charge < -0.3 is 0 Å². The molecule has 1 heterocycles. The smallest absolute Gasteiger partial charge is 0.198 e. The second-order valence-corrected chi connectivity index (χ2v) is 9.81. The highest BCUT2D eigenvalue weighted by Gasteiger charge is 2.24. The molecule has 0 aliphatic rings. The number of aromatic nitrogens is 1. The monoisotopic (exact) mass is 375 g/mol.